The minimum Gasteiger partial charge on any atom is -0.374 e. The molecule has 0 radical (unpaired) electrons. The van der Waals surface area contributed by atoms with Crippen molar-refractivity contribution in [1.82, 2.24) is 0 Å². The maximum atomic E-state index is 13.1. The molecule has 1 fully saturated rings. The van der Waals surface area contributed by atoms with E-state index in [0.29, 0.717) is 11.4 Å². The summed E-state index contributed by atoms with van der Waals surface area (Å²) in [5.74, 6) is -0.483. The van der Waals surface area contributed by atoms with Gasteiger partial charge in [0.25, 0.3) is 5.69 Å². The molecule has 1 saturated heterocycles. The van der Waals surface area contributed by atoms with Gasteiger partial charge in [-0.25, -0.2) is 0 Å². The summed E-state index contributed by atoms with van der Waals surface area (Å²) >= 11 is 0. The first kappa shape index (κ1) is 20.4. The van der Waals surface area contributed by atoms with Crippen molar-refractivity contribution < 1.29 is 22.9 Å². The summed E-state index contributed by atoms with van der Waals surface area (Å²) in [5, 5.41) is 16.0. The van der Waals surface area contributed by atoms with Gasteiger partial charge in [-0.3, -0.25) is 14.9 Å². The summed E-state index contributed by atoms with van der Waals surface area (Å²) in [4.78, 5) is 24.3. The van der Waals surface area contributed by atoms with E-state index >= 15 is 0 Å². The summed E-state index contributed by atoms with van der Waals surface area (Å²) in [7, 11) is 0. The van der Waals surface area contributed by atoms with Crippen LogP contribution in [0, 0.1) is 10.1 Å². The number of hydrogen-bond donors (Lipinski definition) is 2. The average Bonchev–Trinajstić information content (AvgIpc) is 3.20. The monoisotopic (exact) mass is 408 g/mol. The number of nitrogens with one attached hydrogen (secondary N) is 2. The number of nitrogens with zero attached hydrogens (tertiary/aromatic N) is 2. The Morgan fingerprint density at radius 3 is 2.34 bits per heavy atom. The summed E-state index contributed by atoms with van der Waals surface area (Å²) < 4.78 is 39.3. The van der Waals surface area contributed by atoms with E-state index in [9.17, 15) is 28.1 Å². The molecule has 1 heterocycles. The second-order valence-corrected chi connectivity index (χ2v) is 6.63. The highest BCUT2D eigenvalue weighted by atomic mass is 19.4. The van der Waals surface area contributed by atoms with Crippen LogP contribution in [0.4, 0.5) is 35.9 Å². The summed E-state index contributed by atoms with van der Waals surface area (Å²) in [6.45, 7) is 1.24. The van der Waals surface area contributed by atoms with Gasteiger partial charge in [0.15, 0.2) is 0 Å². The number of carbonyl (C=O) groups excluding carboxylic acids is 1. The molecule has 2 aromatic carbocycles. The van der Waals surface area contributed by atoms with Crippen LogP contribution in [-0.2, 0) is 11.0 Å². The van der Waals surface area contributed by atoms with Crippen molar-refractivity contribution in [3.63, 3.8) is 0 Å². The Hall–Kier alpha value is -3.30. The van der Waals surface area contributed by atoms with Crippen LogP contribution >= 0.6 is 0 Å². The van der Waals surface area contributed by atoms with Crippen LogP contribution in [0.2, 0.25) is 0 Å². The van der Waals surface area contributed by atoms with Crippen molar-refractivity contribution in [3.8, 4) is 0 Å². The van der Waals surface area contributed by atoms with Crippen LogP contribution in [-0.4, -0.2) is 30.5 Å². The van der Waals surface area contributed by atoms with Gasteiger partial charge >= 0.3 is 6.18 Å². The highest BCUT2D eigenvalue weighted by Crippen LogP contribution is 2.36. The Bertz CT molecular complexity index is 895. The zero-order chi connectivity index (χ0) is 21.0. The van der Waals surface area contributed by atoms with Gasteiger partial charge in [0.2, 0.25) is 5.91 Å². The van der Waals surface area contributed by atoms with Crippen LogP contribution in [0.25, 0.3) is 0 Å². The van der Waals surface area contributed by atoms with Crippen LogP contribution < -0.4 is 15.5 Å². The maximum Gasteiger partial charge on any atom is 0.416 e. The molecule has 1 aliphatic heterocycles. The number of amides is 1. The summed E-state index contributed by atoms with van der Waals surface area (Å²) in [6, 6.07) is 8.74. The number of benzene rings is 2. The molecule has 0 atom stereocenters. The van der Waals surface area contributed by atoms with Crippen molar-refractivity contribution in [2.45, 2.75) is 19.0 Å². The van der Waals surface area contributed by atoms with E-state index in [-0.39, 0.29) is 17.9 Å². The fourth-order valence-electron chi connectivity index (χ4n) is 3.13. The Morgan fingerprint density at radius 1 is 1.10 bits per heavy atom. The van der Waals surface area contributed by atoms with E-state index in [1.807, 2.05) is 4.90 Å². The van der Waals surface area contributed by atoms with Gasteiger partial charge in [0, 0.05) is 30.9 Å². The lowest BCUT2D eigenvalue weighted by molar-refractivity contribution is -0.384. The van der Waals surface area contributed by atoms with Gasteiger partial charge in [-0.1, -0.05) is 0 Å². The summed E-state index contributed by atoms with van der Waals surface area (Å²) in [5.41, 5.74) is 0.310. The van der Waals surface area contributed by atoms with E-state index in [1.54, 1.807) is 0 Å². The second-order valence-electron chi connectivity index (χ2n) is 6.63. The highest BCUT2D eigenvalue weighted by molar-refractivity contribution is 5.94. The third-order valence-electron chi connectivity index (χ3n) is 4.57. The smallest absolute Gasteiger partial charge is 0.374 e. The number of rotatable bonds is 6. The van der Waals surface area contributed by atoms with Crippen LogP contribution in [0.15, 0.2) is 42.5 Å². The molecule has 0 saturated carbocycles. The molecular weight excluding hydrogens is 389 g/mol. The molecule has 1 amide bonds. The van der Waals surface area contributed by atoms with E-state index in [2.05, 4.69) is 10.6 Å². The summed E-state index contributed by atoms with van der Waals surface area (Å²) in [6.07, 6.45) is -2.57. The fraction of sp³-hybridized carbons (Fsp3) is 0.316. The van der Waals surface area contributed by atoms with Gasteiger partial charge in [0.05, 0.1) is 28.4 Å². The lowest BCUT2D eigenvalue weighted by Gasteiger charge is -2.23. The standard InChI is InChI=1S/C19H19F3N4O3/c20-19(21,22)13-3-8-17(25-9-1-2-10-25)16(11-13)23-12-18(27)24-14-4-6-15(7-5-14)26(28)29/h3-8,11,23H,1-2,9-10,12H2,(H,24,27). The molecule has 0 bridgehead atoms. The van der Waals surface area contributed by atoms with Crippen LogP contribution in [0.1, 0.15) is 18.4 Å². The first-order chi connectivity index (χ1) is 13.7. The normalized spacial score (nSPS) is 14.0. The predicted octanol–water partition coefficient (Wildman–Crippen LogP) is 4.26. The molecule has 2 N–H and O–H groups in total. The number of halogens is 3. The average molecular weight is 408 g/mol. The minimum absolute atomic E-state index is 0.111. The largest absolute Gasteiger partial charge is 0.416 e. The van der Waals surface area contributed by atoms with Crippen molar-refractivity contribution in [1.29, 1.82) is 0 Å². The first-order valence-corrected chi connectivity index (χ1v) is 8.98. The van der Waals surface area contributed by atoms with Crippen molar-refractivity contribution >= 4 is 28.7 Å². The van der Waals surface area contributed by atoms with Crippen molar-refractivity contribution in [2.24, 2.45) is 0 Å². The van der Waals surface area contributed by atoms with Gasteiger partial charge in [-0.15, -0.1) is 0 Å². The van der Waals surface area contributed by atoms with Gasteiger partial charge in [0.1, 0.15) is 0 Å². The number of anilines is 3. The van der Waals surface area contributed by atoms with Crippen LogP contribution in [0.5, 0.6) is 0 Å². The zero-order valence-electron chi connectivity index (χ0n) is 15.3. The molecule has 29 heavy (non-hydrogen) atoms. The highest BCUT2D eigenvalue weighted by Gasteiger charge is 2.31. The number of hydrogen-bond acceptors (Lipinski definition) is 5. The molecule has 7 nitrogen and oxygen atoms in total. The fourth-order valence-corrected chi connectivity index (χ4v) is 3.13. The molecule has 154 valence electrons. The lowest BCUT2D eigenvalue weighted by atomic mass is 10.1. The predicted molar refractivity (Wildman–Crippen MR) is 103 cm³/mol. The van der Waals surface area contributed by atoms with Gasteiger partial charge in [-0.2, -0.15) is 13.2 Å². The van der Waals surface area contributed by atoms with Crippen molar-refractivity contribution in [2.75, 3.05) is 35.2 Å². The number of carbonyl (C=O) groups is 1. The third kappa shape index (κ3) is 5.15. The topological polar surface area (TPSA) is 87.5 Å². The van der Waals surface area contributed by atoms with E-state index in [0.717, 1.165) is 38.1 Å². The number of nitro groups is 1. The minimum atomic E-state index is -4.49. The number of alkyl halides is 3. The van der Waals surface area contributed by atoms with E-state index < -0.39 is 22.6 Å². The second kappa shape index (κ2) is 8.38. The van der Waals surface area contributed by atoms with Gasteiger partial charge < -0.3 is 15.5 Å². The molecule has 10 heteroatoms. The molecule has 0 aliphatic carbocycles. The van der Waals surface area contributed by atoms with E-state index in [4.69, 9.17) is 0 Å². The zero-order valence-corrected chi connectivity index (χ0v) is 15.3. The molecule has 0 spiro atoms. The molecule has 0 unspecified atom stereocenters. The molecule has 3 rings (SSSR count). The Kier molecular flexibility index (Phi) is 5.90. The SMILES string of the molecule is O=C(CNc1cc(C(F)(F)F)ccc1N1CCCC1)Nc1ccc([N+](=O)[O-])cc1. The quantitative estimate of drug-likeness (QED) is 0.551. The third-order valence-corrected chi connectivity index (χ3v) is 4.57. The number of non-ortho nitro benzene ring substituents is 1. The van der Waals surface area contributed by atoms with Crippen LogP contribution in [0.3, 0.4) is 0 Å². The Labute approximate surface area is 164 Å². The Morgan fingerprint density at radius 2 is 1.76 bits per heavy atom. The Balaban J connectivity index is 1.70. The number of nitro benzene ring substituents is 1. The van der Waals surface area contributed by atoms with Crippen molar-refractivity contribution in [3.05, 3.63) is 58.1 Å². The lowest BCUT2D eigenvalue weighted by Crippen LogP contribution is -2.24. The maximum absolute atomic E-state index is 13.1. The first-order valence-electron chi connectivity index (χ1n) is 8.98. The molecule has 1 aliphatic rings. The molecule has 0 aromatic heterocycles. The molecular formula is C19H19F3N4O3. The van der Waals surface area contributed by atoms with Gasteiger partial charge in [-0.05, 0) is 43.2 Å². The van der Waals surface area contributed by atoms with E-state index in [1.165, 1.54) is 30.3 Å². The molecule has 2 aromatic rings.